The molecule has 2 N–H and O–H groups in total. The van der Waals surface area contributed by atoms with Crippen LogP contribution >= 0.6 is 23.5 Å². The summed E-state index contributed by atoms with van der Waals surface area (Å²) in [4.78, 5) is 47.6. The van der Waals surface area contributed by atoms with Crippen molar-refractivity contribution in [2.24, 2.45) is 0 Å². The van der Waals surface area contributed by atoms with Crippen molar-refractivity contribution in [2.75, 3.05) is 24.7 Å². The van der Waals surface area contributed by atoms with Gasteiger partial charge in [0.05, 0.1) is 45.9 Å². The standard InChI is InChI=1S/C15H18N2O6S2/c1-3-22-14(20)8(12-16-10(18)6-24-12)5-9(15(21)23-4-2)13-17-11(19)7-25-13/h3-7H2,1-2H3,(H,16,18)(H,17,19)/b12-8-,13-9+. The number of hydrogen-bond acceptors (Lipinski definition) is 8. The second kappa shape index (κ2) is 8.95. The smallest absolute Gasteiger partial charge is 0.337 e. The molecule has 0 aromatic heterocycles. The van der Waals surface area contributed by atoms with E-state index in [-0.39, 0.29) is 54.1 Å². The van der Waals surface area contributed by atoms with E-state index in [0.29, 0.717) is 10.1 Å². The third-order valence-corrected chi connectivity index (χ3v) is 5.23. The molecule has 136 valence electrons. The predicted molar refractivity (Wildman–Crippen MR) is 93.1 cm³/mol. The summed E-state index contributed by atoms with van der Waals surface area (Å²) in [5, 5.41) is 5.93. The van der Waals surface area contributed by atoms with Crippen molar-refractivity contribution in [3.63, 3.8) is 0 Å². The van der Waals surface area contributed by atoms with Crippen molar-refractivity contribution < 1.29 is 28.7 Å². The zero-order valence-electron chi connectivity index (χ0n) is 13.8. The highest BCUT2D eigenvalue weighted by Crippen LogP contribution is 2.32. The second-order valence-corrected chi connectivity index (χ2v) is 6.88. The van der Waals surface area contributed by atoms with E-state index in [1.807, 2.05) is 0 Å². The summed E-state index contributed by atoms with van der Waals surface area (Å²) in [5.41, 5.74) is 0.324. The number of thioether (sulfide) groups is 2. The SMILES string of the molecule is CCOC(=O)/C(C/C(C(=O)OCC)=C1/NC(=O)CS1)=C1/NC(=O)CS1. The Balaban J connectivity index is 2.38. The number of carbonyl (C=O) groups excluding carboxylic acids is 4. The molecule has 0 unspecified atom stereocenters. The Morgan fingerprint density at radius 3 is 1.56 bits per heavy atom. The second-order valence-electron chi connectivity index (χ2n) is 4.91. The van der Waals surface area contributed by atoms with Gasteiger partial charge in [-0.05, 0) is 13.8 Å². The van der Waals surface area contributed by atoms with Gasteiger partial charge in [-0.15, -0.1) is 0 Å². The van der Waals surface area contributed by atoms with Crippen LogP contribution in [0.2, 0.25) is 0 Å². The van der Waals surface area contributed by atoms with Gasteiger partial charge in [0, 0.05) is 6.42 Å². The van der Waals surface area contributed by atoms with Crippen molar-refractivity contribution >= 4 is 47.3 Å². The Bertz CT molecular complexity index is 615. The third kappa shape index (κ3) is 5.02. The van der Waals surface area contributed by atoms with Crippen LogP contribution in [0.4, 0.5) is 0 Å². The lowest BCUT2D eigenvalue weighted by Crippen LogP contribution is -2.22. The van der Waals surface area contributed by atoms with E-state index < -0.39 is 11.9 Å². The van der Waals surface area contributed by atoms with Crippen molar-refractivity contribution in [1.82, 2.24) is 10.6 Å². The van der Waals surface area contributed by atoms with E-state index >= 15 is 0 Å². The van der Waals surface area contributed by atoms with Gasteiger partial charge >= 0.3 is 11.9 Å². The Morgan fingerprint density at radius 1 is 0.880 bits per heavy atom. The van der Waals surface area contributed by atoms with Crippen LogP contribution in [0.1, 0.15) is 20.3 Å². The number of esters is 2. The minimum Gasteiger partial charge on any atom is -0.463 e. The maximum Gasteiger partial charge on any atom is 0.337 e. The number of nitrogens with one attached hydrogen (secondary N) is 2. The van der Waals surface area contributed by atoms with Crippen LogP contribution < -0.4 is 10.6 Å². The van der Waals surface area contributed by atoms with Crippen molar-refractivity contribution in [3.8, 4) is 0 Å². The lowest BCUT2D eigenvalue weighted by atomic mass is 10.1. The zero-order valence-corrected chi connectivity index (χ0v) is 15.4. The zero-order chi connectivity index (χ0) is 18.4. The molecule has 0 aliphatic carbocycles. The van der Waals surface area contributed by atoms with Crippen LogP contribution in [0.3, 0.4) is 0 Å². The molecular weight excluding hydrogens is 368 g/mol. The molecule has 2 aliphatic rings. The molecule has 0 saturated carbocycles. The largest absolute Gasteiger partial charge is 0.463 e. The van der Waals surface area contributed by atoms with Gasteiger partial charge in [-0.3, -0.25) is 9.59 Å². The summed E-state index contributed by atoms with van der Waals surface area (Å²) < 4.78 is 10.1. The van der Waals surface area contributed by atoms with E-state index in [2.05, 4.69) is 10.6 Å². The lowest BCUT2D eigenvalue weighted by Gasteiger charge is -2.14. The molecule has 2 aliphatic heterocycles. The van der Waals surface area contributed by atoms with Crippen molar-refractivity contribution in [2.45, 2.75) is 20.3 Å². The van der Waals surface area contributed by atoms with Gasteiger partial charge in [0.15, 0.2) is 0 Å². The van der Waals surface area contributed by atoms with Crippen molar-refractivity contribution in [3.05, 3.63) is 21.2 Å². The van der Waals surface area contributed by atoms with Gasteiger partial charge in [0.25, 0.3) is 0 Å². The lowest BCUT2D eigenvalue weighted by molar-refractivity contribution is -0.139. The molecule has 0 bridgehead atoms. The first-order chi connectivity index (χ1) is 12.0. The van der Waals surface area contributed by atoms with E-state index in [0.717, 1.165) is 0 Å². The highest BCUT2D eigenvalue weighted by Gasteiger charge is 2.30. The summed E-state index contributed by atoms with van der Waals surface area (Å²) in [5.74, 6) is -1.32. The van der Waals surface area contributed by atoms with E-state index in [9.17, 15) is 19.2 Å². The maximum atomic E-state index is 12.3. The van der Waals surface area contributed by atoms with Crippen LogP contribution in [0.5, 0.6) is 0 Å². The van der Waals surface area contributed by atoms with Gasteiger partial charge in [0.1, 0.15) is 0 Å². The molecule has 2 rings (SSSR count). The maximum absolute atomic E-state index is 12.3. The van der Waals surface area contributed by atoms with Gasteiger partial charge < -0.3 is 20.1 Å². The fraction of sp³-hybridized carbons (Fsp3) is 0.467. The fourth-order valence-corrected chi connectivity index (χ4v) is 3.83. The first-order valence-electron chi connectivity index (χ1n) is 7.62. The number of carbonyl (C=O) groups is 4. The molecule has 0 aromatic carbocycles. The Kier molecular flexibility index (Phi) is 6.94. The molecule has 0 spiro atoms. The Labute approximate surface area is 153 Å². The first-order valence-corrected chi connectivity index (χ1v) is 9.59. The third-order valence-electron chi connectivity index (χ3n) is 3.15. The van der Waals surface area contributed by atoms with E-state index in [1.165, 1.54) is 23.5 Å². The molecule has 0 radical (unpaired) electrons. The topological polar surface area (TPSA) is 111 Å². The number of rotatable bonds is 6. The molecule has 0 aromatic rings. The normalized spacial score (nSPS) is 20.7. The quantitative estimate of drug-likeness (QED) is 0.506. The van der Waals surface area contributed by atoms with Crippen LogP contribution in [-0.2, 0) is 28.7 Å². The summed E-state index contributed by atoms with van der Waals surface area (Å²) >= 11 is 2.34. The monoisotopic (exact) mass is 386 g/mol. The van der Waals surface area contributed by atoms with Gasteiger partial charge in [-0.2, -0.15) is 0 Å². The van der Waals surface area contributed by atoms with Gasteiger partial charge in [-0.25, -0.2) is 9.59 Å². The van der Waals surface area contributed by atoms with Gasteiger partial charge in [0.2, 0.25) is 11.8 Å². The minimum atomic E-state index is -0.621. The summed E-state index contributed by atoms with van der Waals surface area (Å²) in [6.45, 7) is 3.65. The van der Waals surface area contributed by atoms with Crippen LogP contribution in [0.25, 0.3) is 0 Å². The van der Waals surface area contributed by atoms with Crippen molar-refractivity contribution in [1.29, 1.82) is 0 Å². The Morgan fingerprint density at radius 2 is 1.28 bits per heavy atom. The predicted octanol–water partition coefficient (Wildman–Crippen LogP) is 0.652. The molecule has 2 amide bonds. The number of ether oxygens (including phenoxy) is 2. The fourth-order valence-electron chi connectivity index (χ4n) is 2.10. The molecule has 25 heavy (non-hydrogen) atoms. The summed E-state index contributed by atoms with van der Waals surface area (Å²) in [7, 11) is 0. The number of amides is 2. The van der Waals surface area contributed by atoms with Crippen LogP contribution in [0.15, 0.2) is 21.2 Å². The average Bonchev–Trinajstić information content (AvgIpc) is 3.17. The highest BCUT2D eigenvalue weighted by atomic mass is 32.2. The molecule has 2 heterocycles. The molecular formula is C15H18N2O6S2. The minimum absolute atomic E-state index is 0.108. The molecule has 10 heteroatoms. The van der Waals surface area contributed by atoms with Gasteiger partial charge in [-0.1, -0.05) is 23.5 Å². The number of hydrogen-bond donors (Lipinski definition) is 2. The first kappa shape index (κ1) is 19.4. The van der Waals surface area contributed by atoms with E-state index in [1.54, 1.807) is 13.8 Å². The molecule has 2 fully saturated rings. The highest BCUT2D eigenvalue weighted by molar-refractivity contribution is 8.04. The molecule has 2 saturated heterocycles. The van der Waals surface area contributed by atoms with Crippen LogP contribution in [0, 0.1) is 0 Å². The van der Waals surface area contributed by atoms with E-state index in [4.69, 9.17) is 9.47 Å². The molecule has 0 atom stereocenters. The Hall–Kier alpha value is -1.94. The summed E-state index contributed by atoms with van der Waals surface area (Å²) in [6, 6.07) is 0. The average molecular weight is 386 g/mol. The summed E-state index contributed by atoms with van der Waals surface area (Å²) in [6.07, 6.45) is -0.108. The molecule has 8 nitrogen and oxygen atoms in total. The van der Waals surface area contributed by atoms with Crippen LogP contribution in [-0.4, -0.2) is 48.5 Å².